The lowest BCUT2D eigenvalue weighted by atomic mass is 10.0. The highest BCUT2D eigenvalue weighted by Crippen LogP contribution is 2.29. The fourth-order valence-electron chi connectivity index (χ4n) is 3.82. The Balaban J connectivity index is 1.96. The van der Waals surface area contributed by atoms with Crippen molar-refractivity contribution in [2.75, 3.05) is 33.4 Å². The van der Waals surface area contributed by atoms with Gasteiger partial charge in [-0.05, 0) is 45.4 Å². The average molecular weight is 403 g/mol. The number of rotatable bonds is 8. The number of amides is 1. The van der Waals surface area contributed by atoms with Crippen LogP contribution in [0.1, 0.15) is 43.6 Å². The van der Waals surface area contributed by atoms with Gasteiger partial charge >= 0.3 is 0 Å². The summed E-state index contributed by atoms with van der Waals surface area (Å²) in [7, 11) is 1.63. The maximum absolute atomic E-state index is 14.5. The van der Waals surface area contributed by atoms with Crippen LogP contribution in [0.3, 0.4) is 0 Å². The number of nitrogens with zero attached hydrogens (tertiary/aromatic N) is 2. The highest BCUT2D eigenvalue weighted by Gasteiger charge is 2.30. The largest absolute Gasteiger partial charge is 0.493 e. The quantitative estimate of drug-likeness (QED) is 0.685. The highest BCUT2D eigenvalue weighted by molar-refractivity contribution is 5.97. The van der Waals surface area contributed by atoms with Crippen molar-refractivity contribution >= 4 is 16.8 Å². The molecule has 3 rings (SSSR count). The van der Waals surface area contributed by atoms with Crippen molar-refractivity contribution in [3.63, 3.8) is 0 Å². The van der Waals surface area contributed by atoms with E-state index in [4.69, 9.17) is 9.47 Å². The fraction of sp³-hybridized carbons (Fsp3) is 0.545. The van der Waals surface area contributed by atoms with Crippen LogP contribution in [-0.2, 0) is 4.74 Å². The fourth-order valence-corrected chi connectivity index (χ4v) is 3.82. The van der Waals surface area contributed by atoms with Crippen molar-refractivity contribution in [3.05, 3.63) is 35.8 Å². The van der Waals surface area contributed by atoms with E-state index in [1.54, 1.807) is 25.3 Å². The van der Waals surface area contributed by atoms with E-state index in [1.807, 2.05) is 18.7 Å². The molecule has 0 radical (unpaired) electrons. The number of carbonyl (C=O) groups excluding carboxylic acids is 1. The zero-order valence-electron chi connectivity index (χ0n) is 17.4. The standard InChI is InChI=1S/C22H30FN3O3/c1-15(2)26(16-7-5-10-24-14-16)22(27)19-13-20(29-12-6-11-28-3)17-8-4-9-18(23)21(17)25-19/h4,8-9,13,15-16,24H,5-7,10-12,14H2,1-3H3/t16-/m1/s1. The van der Waals surface area contributed by atoms with Gasteiger partial charge in [0.05, 0.1) is 6.61 Å². The Kier molecular flexibility index (Phi) is 7.39. The minimum Gasteiger partial charge on any atom is -0.493 e. The van der Waals surface area contributed by atoms with Crippen molar-refractivity contribution < 1.29 is 18.7 Å². The van der Waals surface area contributed by atoms with Crippen LogP contribution in [0.25, 0.3) is 10.9 Å². The molecule has 1 fully saturated rings. The van der Waals surface area contributed by atoms with Gasteiger partial charge in [0.1, 0.15) is 22.8 Å². The third-order valence-corrected chi connectivity index (χ3v) is 5.18. The van der Waals surface area contributed by atoms with Crippen molar-refractivity contribution in [1.82, 2.24) is 15.2 Å². The first-order chi connectivity index (χ1) is 14.0. The first-order valence-corrected chi connectivity index (χ1v) is 10.3. The molecule has 158 valence electrons. The van der Waals surface area contributed by atoms with E-state index in [-0.39, 0.29) is 29.2 Å². The second-order valence-corrected chi connectivity index (χ2v) is 7.64. The lowest BCUT2D eigenvalue weighted by Gasteiger charge is -2.37. The zero-order valence-corrected chi connectivity index (χ0v) is 17.4. The Labute approximate surface area is 171 Å². The molecule has 1 aliphatic heterocycles. The molecule has 0 saturated carbocycles. The number of para-hydroxylation sites is 1. The van der Waals surface area contributed by atoms with E-state index in [9.17, 15) is 9.18 Å². The van der Waals surface area contributed by atoms with Crippen LogP contribution in [0.4, 0.5) is 4.39 Å². The number of pyridine rings is 1. The number of methoxy groups -OCH3 is 1. The van der Waals surface area contributed by atoms with Crippen molar-refractivity contribution in [3.8, 4) is 5.75 Å². The van der Waals surface area contributed by atoms with Gasteiger partial charge < -0.3 is 19.7 Å². The van der Waals surface area contributed by atoms with E-state index in [0.29, 0.717) is 30.8 Å². The second kappa shape index (κ2) is 9.98. The molecule has 1 saturated heterocycles. The summed E-state index contributed by atoms with van der Waals surface area (Å²) in [5, 5.41) is 3.92. The van der Waals surface area contributed by atoms with Crippen LogP contribution >= 0.6 is 0 Å². The van der Waals surface area contributed by atoms with E-state index in [2.05, 4.69) is 10.3 Å². The number of nitrogens with one attached hydrogen (secondary N) is 1. The molecule has 7 heteroatoms. The van der Waals surface area contributed by atoms with Crippen LogP contribution in [0.2, 0.25) is 0 Å². The van der Waals surface area contributed by atoms with Crippen molar-refractivity contribution in [2.45, 2.75) is 45.2 Å². The van der Waals surface area contributed by atoms with Gasteiger partial charge in [-0.2, -0.15) is 0 Å². The first-order valence-electron chi connectivity index (χ1n) is 10.3. The molecule has 0 bridgehead atoms. The maximum Gasteiger partial charge on any atom is 0.273 e. The molecule has 0 spiro atoms. The van der Waals surface area contributed by atoms with E-state index in [0.717, 1.165) is 25.9 Å². The van der Waals surface area contributed by atoms with Crippen LogP contribution < -0.4 is 10.1 Å². The van der Waals surface area contributed by atoms with Crippen molar-refractivity contribution in [2.24, 2.45) is 0 Å². The molecule has 1 aliphatic rings. The first kappa shape index (κ1) is 21.5. The third-order valence-electron chi connectivity index (χ3n) is 5.18. The van der Waals surface area contributed by atoms with Gasteiger partial charge in [0.15, 0.2) is 0 Å². The molecule has 0 unspecified atom stereocenters. The Hall–Kier alpha value is -2.25. The average Bonchev–Trinajstić information content (AvgIpc) is 2.72. The number of hydrogen-bond acceptors (Lipinski definition) is 5. The van der Waals surface area contributed by atoms with Crippen LogP contribution in [-0.4, -0.2) is 61.3 Å². The normalized spacial score (nSPS) is 16.9. The van der Waals surface area contributed by atoms with Gasteiger partial charge in [0.25, 0.3) is 5.91 Å². The molecule has 2 heterocycles. The number of benzene rings is 1. The van der Waals surface area contributed by atoms with Crippen molar-refractivity contribution in [1.29, 1.82) is 0 Å². The molecular weight excluding hydrogens is 373 g/mol. The van der Waals surface area contributed by atoms with Gasteiger partial charge in [-0.1, -0.05) is 6.07 Å². The Morgan fingerprint density at radius 3 is 2.90 bits per heavy atom. The smallest absolute Gasteiger partial charge is 0.273 e. The number of hydrogen-bond donors (Lipinski definition) is 1. The van der Waals surface area contributed by atoms with Crippen LogP contribution in [0.5, 0.6) is 5.75 Å². The molecular formula is C22H30FN3O3. The Morgan fingerprint density at radius 1 is 1.38 bits per heavy atom. The van der Waals surface area contributed by atoms with E-state index < -0.39 is 5.82 Å². The SMILES string of the molecule is COCCCOc1cc(C(=O)N(C(C)C)[C@@H]2CCCNC2)nc2c(F)cccc12. The lowest BCUT2D eigenvalue weighted by molar-refractivity contribution is 0.0567. The molecule has 1 aromatic heterocycles. The number of fused-ring (bicyclic) bond motifs is 1. The van der Waals surface area contributed by atoms with Gasteiger partial charge in [-0.25, -0.2) is 9.37 Å². The predicted molar refractivity (Wildman–Crippen MR) is 111 cm³/mol. The predicted octanol–water partition coefficient (Wildman–Crippen LogP) is 3.39. The molecule has 2 aromatic rings. The molecule has 0 aliphatic carbocycles. The molecule has 29 heavy (non-hydrogen) atoms. The molecule has 1 aromatic carbocycles. The van der Waals surface area contributed by atoms with Gasteiger partial charge in [-0.15, -0.1) is 0 Å². The number of piperidine rings is 1. The molecule has 1 atom stereocenters. The summed E-state index contributed by atoms with van der Waals surface area (Å²) in [4.78, 5) is 19.7. The van der Waals surface area contributed by atoms with Crippen LogP contribution in [0, 0.1) is 5.82 Å². The summed E-state index contributed by atoms with van der Waals surface area (Å²) < 4.78 is 25.4. The Morgan fingerprint density at radius 2 is 2.21 bits per heavy atom. The van der Waals surface area contributed by atoms with Crippen LogP contribution in [0.15, 0.2) is 24.3 Å². The minimum atomic E-state index is -0.464. The number of carbonyl (C=O) groups is 1. The number of halogens is 1. The Bertz CT molecular complexity index is 837. The molecule has 6 nitrogen and oxygen atoms in total. The highest BCUT2D eigenvalue weighted by atomic mass is 19.1. The summed E-state index contributed by atoms with van der Waals surface area (Å²) >= 11 is 0. The van der Waals surface area contributed by atoms with E-state index >= 15 is 0 Å². The van der Waals surface area contributed by atoms with Gasteiger partial charge in [0, 0.05) is 50.2 Å². The summed E-state index contributed by atoms with van der Waals surface area (Å²) in [6.07, 6.45) is 2.67. The number of aromatic nitrogens is 1. The monoisotopic (exact) mass is 403 g/mol. The molecule has 1 amide bonds. The third kappa shape index (κ3) is 5.03. The zero-order chi connectivity index (χ0) is 20.8. The molecule has 1 N–H and O–H groups in total. The summed E-state index contributed by atoms with van der Waals surface area (Å²) in [6, 6.07) is 6.48. The summed E-state index contributed by atoms with van der Waals surface area (Å²) in [5.41, 5.74) is 0.370. The second-order valence-electron chi connectivity index (χ2n) is 7.64. The minimum absolute atomic E-state index is 0.0107. The maximum atomic E-state index is 14.5. The van der Waals surface area contributed by atoms with E-state index in [1.165, 1.54) is 6.07 Å². The van der Waals surface area contributed by atoms with Gasteiger partial charge in [0.2, 0.25) is 0 Å². The topological polar surface area (TPSA) is 63.7 Å². The lowest BCUT2D eigenvalue weighted by Crippen LogP contribution is -2.51. The summed E-state index contributed by atoms with van der Waals surface area (Å²) in [5.74, 6) is -0.186. The number of ether oxygens (including phenoxy) is 2. The summed E-state index contributed by atoms with van der Waals surface area (Å²) in [6.45, 7) is 6.70. The van der Waals surface area contributed by atoms with Gasteiger partial charge in [-0.3, -0.25) is 4.79 Å².